The van der Waals surface area contributed by atoms with E-state index in [1.807, 2.05) is 6.92 Å². The number of benzene rings is 1. The molecule has 29 heavy (non-hydrogen) atoms. The molecule has 0 aliphatic carbocycles. The van der Waals surface area contributed by atoms with E-state index in [9.17, 15) is 22.8 Å². The summed E-state index contributed by atoms with van der Waals surface area (Å²) in [7, 11) is 1.77. The molecule has 0 bridgehead atoms. The van der Waals surface area contributed by atoms with Crippen LogP contribution in [-0.4, -0.2) is 54.3 Å². The molecule has 0 saturated carbocycles. The third-order valence-electron chi connectivity index (χ3n) is 4.37. The van der Waals surface area contributed by atoms with Crippen LogP contribution < -0.4 is 5.32 Å². The monoisotopic (exact) mass is 526 g/mol. The molecule has 2 amide bonds. The summed E-state index contributed by atoms with van der Waals surface area (Å²) in [5.41, 5.74) is 0.0258. The average molecular weight is 526 g/mol. The number of carbonyl (C=O) groups is 2. The summed E-state index contributed by atoms with van der Waals surface area (Å²) in [6.07, 6.45) is -3.01. The van der Waals surface area contributed by atoms with Crippen LogP contribution in [0.2, 0.25) is 0 Å². The third-order valence-corrected chi connectivity index (χ3v) is 4.37. The Bertz CT molecular complexity index is 707. The van der Waals surface area contributed by atoms with Crippen molar-refractivity contribution in [3.05, 3.63) is 35.4 Å². The van der Waals surface area contributed by atoms with Crippen LogP contribution in [0.3, 0.4) is 0 Å². The fraction of sp³-hybridized carbons (Fsp3) is 0.526. The Kier molecular flexibility index (Phi) is 9.87. The molecule has 0 spiro atoms. The lowest BCUT2D eigenvalue weighted by Gasteiger charge is -2.25. The largest absolute Gasteiger partial charge is 0.416 e. The summed E-state index contributed by atoms with van der Waals surface area (Å²) in [5.74, 6) is 0.212. The van der Waals surface area contributed by atoms with Gasteiger partial charge in [0.1, 0.15) is 0 Å². The van der Waals surface area contributed by atoms with E-state index in [1.165, 1.54) is 17.0 Å². The molecule has 10 heteroatoms. The molecule has 0 aromatic heterocycles. The number of imide groups is 1. The minimum atomic E-state index is -4.36. The second-order valence-corrected chi connectivity index (χ2v) is 6.58. The van der Waals surface area contributed by atoms with Gasteiger partial charge in [-0.25, -0.2) is 0 Å². The number of amides is 2. The molecule has 0 unspecified atom stereocenters. The van der Waals surface area contributed by atoms with E-state index in [1.54, 1.807) is 11.9 Å². The van der Waals surface area contributed by atoms with Crippen LogP contribution in [0, 0.1) is 0 Å². The highest BCUT2D eigenvalue weighted by Gasteiger charge is 2.30. The van der Waals surface area contributed by atoms with Gasteiger partial charge in [0, 0.05) is 39.5 Å². The second kappa shape index (κ2) is 11.4. The van der Waals surface area contributed by atoms with Gasteiger partial charge < -0.3 is 10.2 Å². The highest BCUT2D eigenvalue weighted by atomic mass is 127. The molecule has 1 aliphatic rings. The van der Waals surface area contributed by atoms with E-state index in [0.29, 0.717) is 43.9 Å². The Balaban J connectivity index is 0.00000420. The van der Waals surface area contributed by atoms with E-state index in [2.05, 4.69) is 10.3 Å². The minimum absolute atomic E-state index is 0. The van der Waals surface area contributed by atoms with Crippen molar-refractivity contribution in [1.82, 2.24) is 15.1 Å². The number of piperidine rings is 1. The van der Waals surface area contributed by atoms with Crippen LogP contribution in [0.25, 0.3) is 0 Å². The van der Waals surface area contributed by atoms with Crippen LogP contribution in [-0.2, 0) is 22.3 Å². The quantitative estimate of drug-likeness (QED) is 0.268. The number of hydrogen-bond donors (Lipinski definition) is 1. The number of carbonyl (C=O) groups excluding carboxylic acids is 2. The predicted molar refractivity (Wildman–Crippen MR) is 115 cm³/mol. The number of alkyl halides is 3. The first kappa shape index (κ1) is 25.2. The SMILES string of the molecule is CCNC(=NCCN1C(=O)CCCC1=O)N(C)Cc1ccc(C(F)(F)F)cc1.I. The van der Waals surface area contributed by atoms with E-state index in [-0.39, 0.29) is 48.9 Å². The van der Waals surface area contributed by atoms with E-state index >= 15 is 0 Å². The molecule has 1 N–H and O–H groups in total. The number of halogens is 4. The van der Waals surface area contributed by atoms with Crippen molar-refractivity contribution in [3.8, 4) is 0 Å². The molecule has 1 aromatic carbocycles. The second-order valence-electron chi connectivity index (χ2n) is 6.58. The maximum atomic E-state index is 12.7. The number of nitrogens with zero attached hydrogens (tertiary/aromatic N) is 3. The molecule has 1 heterocycles. The highest BCUT2D eigenvalue weighted by molar-refractivity contribution is 14.0. The van der Waals surface area contributed by atoms with Crippen molar-refractivity contribution in [2.24, 2.45) is 4.99 Å². The molecule has 6 nitrogen and oxygen atoms in total. The molecular formula is C19H26F3IN4O2. The van der Waals surface area contributed by atoms with Crippen molar-refractivity contribution in [1.29, 1.82) is 0 Å². The van der Waals surface area contributed by atoms with Gasteiger partial charge in [-0.3, -0.25) is 19.5 Å². The van der Waals surface area contributed by atoms with Gasteiger partial charge in [-0.1, -0.05) is 12.1 Å². The molecule has 0 radical (unpaired) electrons. The van der Waals surface area contributed by atoms with E-state index in [4.69, 9.17) is 0 Å². The highest BCUT2D eigenvalue weighted by Crippen LogP contribution is 2.29. The zero-order valence-corrected chi connectivity index (χ0v) is 18.8. The summed E-state index contributed by atoms with van der Waals surface area (Å²) in [5, 5.41) is 3.11. The lowest BCUT2D eigenvalue weighted by atomic mass is 10.1. The minimum Gasteiger partial charge on any atom is -0.357 e. The van der Waals surface area contributed by atoms with E-state index < -0.39 is 11.7 Å². The first-order chi connectivity index (χ1) is 13.2. The number of guanidine groups is 1. The number of likely N-dealkylation sites (tertiary alicyclic amines) is 1. The van der Waals surface area contributed by atoms with Crippen molar-refractivity contribution < 1.29 is 22.8 Å². The summed E-state index contributed by atoms with van der Waals surface area (Å²) < 4.78 is 38.0. The topological polar surface area (TPSA) is 65.0 Å². The molecule has 1 aliphatic heterocycles. The van der Waals surface area contributed by atoms with Gasteiger partial charge in [0.15, 0.2) is 5.96 Å². The van der Waals surface area contributed by atoms with Crippen molar-refractivity contribution >= 4 is 41.8 Å². The van der Waals surface area contributed by atoms with Gasteiger partial charge in [-0.15, -0.1) is 24.0 Å². The Morgan fingerprint density at radius 3 is 2.28 bits per heavy atom. The molecule has 1 fully saturated rings. The van der Waals surface area contributed by atoms with Crippen LogP contribution in [0.1, 0.15) is 37.3 Å². The Hall–Kier alpha value is -1.85. The molecule has 2 rings (SSSR count). The molecule has 1 saturated heterocycles. The normalized spacial score (nSPS) is 15.2. The summed E-state index contributed by atoms with van der Waals surface area (Å²) >= 11 is 0. The first-order valence-electron chi connectivity index (χ1n) is 9.21. The fourth-order valence-electron chi connectivity index (χ4n) is 2.92. The number of aliphatic imine (C=N–C) groups is 1. The summed E-state index contributed by atoms with van der Waals surface area (Å²) in [4.78, 5) is 31.1. The smallest absolute Gasteiger partial charge is 0.357 e. The summed E-state index contributed by atoms with van der Waals surface area (Å²) in [6, 6.07) is 4.99. The van der Waals surface area contributed by atoms with Crippen LogP contribution in [0.5, 0.6) is 0 Å². The van der Waals surface area contributed by atoms with Crippen molar-refractivity contribution in [2.75, 3.05) is 26.7 Å². The third kappa shape index (κ3) is 7.48. The molecule has 1 aromatic rings. The Morgan fingerprint density at radius 2 is 1.76 bits per heavy atom. The molecular weight excluding hydrogens is 500 g/mol. The lowest BCUT2D eigenvalue weighted by Crippen LogP contribution is -2.42. The van der Waals surface area contributed by atoms with Gasteiger partial charge in [-0.05, 0) is 31.0 Å². The predicted octanol–water partition coefficient (Wildman–Crippen LogP) is 3.26. The Labute approximate surface area is 185 Å². The van der Waals surface area contributed by atoms with Crippen LogP contribution >= 0.6 is 24.0 Å². The lowest BCUT2D eigenvalue weighted by molar-refractivity contribution is -0.147. The van der Waals surface area contributed by atoms with Crippen LogP contribution in [0.4, 0.5) is 13.2 Å². The molecule has 0 atom stereocenters. The zero-order chi connectivity index (χ0) is 20.7. The van der Waals surface area contributed by atoms with Crippen molar-refractivity contribution in [3.63, 3.8) is 0 Å². The standard InChI is InChI=1S/C19H25F3N4O2.HI/c1-3-23-18(24-11-12-26-16(27)5-4-6-17(26)28)25(2)13-14-7-9-15(10-8-14)19(20,21)22;/h7-10H,3-6,11-13H2,1-2H3,(H,23,24);1H. The number of nitrogens with one attached hydrogen (secondary N) is 1. The zero-order valence-electron chi connectivity index (χ0n) is 16.5. The van der Waals surface area contributed by atoms with Crippen LogP contribution in [0.15, 0.2) is 29.3 Å². The van der Waals surface area contributed by atoms with Gasteiger partial charge >= 0.3 is 6.18 Å². The average Bonchev–Trinajstić information content (AvgIpc) is 2.63. The van der Waals surface area contributed by atoms with Gasteiger partial charge in [0.2, 0.25) is 11.8 Å². The summed E-state index contributed by atoms with van der Waals surface area (Å²) in [6.45, 7) is 3.36. The number of hydrogen-bond acceptors (Lipinski definition) is 3. The fourth-order valence-corrected chi connectivity index (χ4v) is 2.92. The molecule has 162 valence electrons. The maximum Gasteiger partial charge on any atom is 0.416 e. The van der Waals surface area contributed by atoms with Gasteiger partial charge in [0.25, 0.3) is 0 Å². The number of rotatable bonds is 6. The van der Waals surface area contributed by atoms with E-state index in [0.717, 1.165) is 12.1 Å². The van der Waals surface area contributed by atoms with Crippen molar-refractivity contribution in [2.45, 2.75) is 38.9 Å². The first-order valence-corrected chi connectivity index (χ1v) is 9.21. The van der Waals surface area contributed by atoms with Gasteiger partial charge in [0.05, 0.1) is 12.1 Å². The van der Waals surface area contributed by atoms with Gasteiger partial charge in [-0.2, -0.15) is 13.2 Å². The Morgan fingerprint density at radius 1 is 1.17 bits per heavy atom. The maximum absolute atomic E-state index is 12.7.